The molecule has 0 radical (unpaired) electrons. The van der Waals surface area contributed by atoms with Crippen molar-refractivity contribution in [2.75, 3.05) is 25.1 Å². The molecule has 0 spiro atoms. The smallest absolute Gasteiger partial charge is 0.318 e. The van der Waals surface area contributed by atoms with Crippen LogP contribution in [0.2, 0.25) is 0 Å². The first-order chi connectivity index (χ1) is 13.0. The third kappa shape index (κ3) is 4.39. The van der Waals surface area contributed by atoms with Crippen molar-refractivity contribution in [1.29, 1.82) is 0 Å². The Kier molecular flexibility index (Phi) is 5.64. The quantitative estimate of drug-likeness (QED) is 0.904. The van der Waals surface area contributed by atoms with Crippen molar-refractivity contribution in [2.45, 2.75) is 26.4 Å². The number of ether oxygens (including phenoxy) is 1. The van der Waals surface area contributed by atoms with Crippen molar-refractivity contribution in [3.63, 3.8) is 0 Å². The Hall–Kier alpha value is -3.02. The first-order valence-electron chi connectivity index (χ1n) is 9.02. The summed E-state index contributed by atoms with van der Waals surface area (Å²) in [6.45, 7) is 4.92. The number of nitrogens with zero attached hydrogens (tertiary/aromatic N) is 2. The van der Waals surface area contributed by atoms with Crippen LogP contribution in [-0.4, -0.2) is 43.1 Å². The summed E-state index contributed by atoms with van der Waals surface area (Å²) in [4.78, 5) is 28.5. The van der Waals surface area contributed by atoms with E-state index in [1.54, 1.807) is 16.9 Å². The number of hydrogen-bond donors (Lipinski definition) is 1. The van der Waals surface area contributed by atoms with Gasteiger partial charge in [0.1, 0.15) is 12.3 Å². The fourth-order valence-electron chi connectivity index (χ4n) is 3.14. The Morgan fingerprint density at radius 2 is 1.96 bits per heavy atom. The summed E-state index contributed by atoms with van der Waals surface area (Å²) in [5.74, 6) is 0.595. The molecule has 6 nitrogen and oxygen atoms in total. The topological polar surface area (TPSA) is 61.9 Å². The monoisotopic (exact) mass is 367 g/mol. The third-order valence-corrected chi connectivity index (χ3v) is 4.78. The zero-order valence-electron chi connectivity index (χ0n) is 15.9. The molecular formula is C21H25N3O3. The van der Waals surface area contributed by atoms with E-state index in [1.165, 1.54) is 5.56 Å². The molecule has 1 N–H and O–H groups in total. The number of methoxy groups -OCH3 is 1. The molecule has 0 aliphatic carbocycles. The first kappa shape index (κ1) is 18.8. The molecule has 142 valence electrons. The number of aryl methyl sites for hydroxylation is 1. The van der Waals surface area contributed by atoms with Crippen LogP contribution in [0.1, 0.15) is 18.1 Å². The van der Waals surface area contributed by atoms with Crippen LogP contribution < -0.4 is 15.0 Å². The normalized spacial score (nSPS) is 17.0. The van der Waals surface area contributed by atoms with Crippen LogP contribution in [0.3, 0.4) is 0 Å². The van der Waals surface area contributed by atoms with Gasteiger partial charge in [-0.15, -0.1) is 0 Å². The lowest BCUT2D eigenvalue weighted by atomic mass is 10.1. The van der Waals surface area contributed by atoms with E-state index in [9.17, 15) is 9.59 Å². The molecule has 1 atom stereocenters. The van der Waals surface area contributed by atoms with E-state index in [-0.39, 0.29) is 24.5 Å². The highest BCUT2D eigenvalue weighted by atomic mass is 16.5. The Morgan fingerprint density at radius 3 is 2.67 bits per heavy atom. The summed E-state index contributed by atoms with van der Waals surface area (Å²) < 4.78 is 5.24. The summed E-state index contributed by atoms with van der Waals surface area (Å²) in [6, 6.07) is 15.1. The minimum Gasteiger partial charge on any atom is -0.497 e. The van der Waals surface area contributed by atoms with E-state index in [4.69, 9.17) is 4.74 Å². The summed E-state index contributed by atoms with van der Waals surface area (Å²) >= 11 is 0. The molecule has 1 fully saturated rings. The van der Waals surface area contributed by atoms with Crippen molar-refractivity contribution < 1.29 is 14.3 Å². The number of amides is 3. The van der Waals surface area contributed by atoms with Crippen molar-refractivity contribution in [3.8, 4) is 5.75 Å². The Labute approximate surface area is 159 Å². The lowest BCUT2D eigenvalue weighted by molar-refractivity contribution is -0.121. The van der Waals surface area contributed by atoms with Crippen LogP contribution in [-0.2, 0) is 11.3 Å². The maximum Gasteiger partial charge on any atom is 0.318 e. The highest BCUT2D eigenvalue weighted by molar-refractivity contribution is 5.98. The van der Waals surface area contributed by atoms with Gasteiger partial charge in [0.25, 0.3) is 0 Å². The first-order valence-corrected chi connectivity index (χ1v) is 9.02. The largest absolute Gasteiger partial charge is 0.497 e. The Bertz CT molecular complexity index is 820. The second-order valence-electron chi connectivity index (χ2n) is 6.83. The average molecular weight is 367 g/mol. The third-order valence-electron chi connectivity index (χ3n) is 4.78. The maximum atomic E-state index is 12.6. The summed E-state index contributed by atoms with van der Waals surface area (Å²) in [5, 5.41) is 2.91. The van der Waals surface area contributed by atoms with Gasteiger partial charge in [0.05, 0.1) is 7.11 Å². The van der Waals surface area contributed by atoms with Gasteiger partial charge in [-0.1, -0.05) is 35.9 Å². The molecule has 0 saturated carbocycles. The van der Waals surface area contributed by atoms with E-state index >= 15 is 0 Å². The van der Waals surface area contributed by atoms with Crippen molar-refractivity contribution in [3.05, 3.63) is 59.7 Å². The van der Waals surface area contributed by atoms with E-state index in [2.05, 4.69) is 5.32 Å². The van der Waals surface area contributed by atoms with Crippen LogP contribution in [0, 0.1) is 6.92 Å². The van der Waals surface area contributed by atoms with Crippen molar-refractivity contribution in [1.82, 2.24) is 10.2 Å². The fraction of sp³-hybridized carbons (Fsp3) is 0.333. The minimum absolute atomic E-state index is 0.0537. The average Bonchev–Trinajstić information content (AvgIpc) is 2.68. The molecule has 0 aromatic heterocycles. The molecule has 3 amide bonds. The highest BCUT2D eigenvalue weighted by Crippen LogP contribution is 2.24. The van der Waals surface area contributed by atoms with Gasteiger partial charge in [0.15, 0.2) is 0 Å². The molecule has 2 aromatic rings. The SMILES string of the molecule is COc1cccc(N2C[C@H](C)N(C(=O)NCc3ccc(C)cc3)CC2=O)c1. The lowest BCUT2D eigenvalue weighted by Crippen LogP contribution is -2.59. The predicted molar refractivity (Wildman–Crippen MR) is 105 cm³/mol. The number of carbonyl (C=O) groups is 2. The molecule has 3 rings (SSSR count). The van der Waals surface area contributed by atoms with Gasteiger partial charge in [-0.2, -0.15) is 0 Å². The molecule has 1 heterocycles. The molecule has 1 aliphatic rings. The lowest BCUT2D eigenvalue weighted by Gasteiger charge is -2.39. The van der Waals surface area contributed by atoms with Crippen LogP contribution in [0.15, 0.2) is 48.5 Å². The number of nitrogens with one attached hydrogen (secondary N) is 1. The van der Waals surface area contributed by atoms with Gasteiger partial charge in [-0.25, -0.2) is 4.79 Å². The Morgan fingerprint density at radius 1 is 1.22 bits per heavy atom. The number of piperazine rings is 1. The standard InChI is InChI=1S/C21H25N3O3/c1-15-7-9-17(10-8-15)12-22-21(26)23-14-20(25)24(13-16(23)2)18-5-4-6-19(11-18)27-3/h4-11,16H,12-14H2,1-3H3,(H,22,26)/t16-/m0/s1. The van der Waals surface area contributed by atoms with E-state index in [1.807, 2.05) is 62.4 Å². The van der Waals surface area contributed by atoms with E-state index < -0.39 is 0 Å². The van der Waals surface area contributed by atoms with Gasteiger partial charge < -0.3 is 19.9 Å². The maximum absolute atomic E-state index is 12.6. The van der Waals surface area contributed by atoms with Crippen LogP contribution in [0.4, 0.5) is 10.5 Å². The van der Waals surface area contributed by atoms with E-state index in [0.717, 1.165) is 11.3 Å². The Balaban J connectivity index is 1.63. The number of urea groups is 1. The molecule has 27 heavy (non-hydrogen) atoms. The molecule has 1 saturated heterocycles. The number of rotatable bonds is 4. The van der Waals surface area contributed by atoms with Gasteiger partial charge in [0.2, 0.25) is 5.91 Å². The minimum atomic E-state index is -0.221. The molecule has 6 heteroatoms. The number of hydrogen-bond acceptors (Lipinski definition) is 3. The zero-order chi connectivity index (χ0) is 19.4. The van der Waals surface area contributed by atoms with Gasteiger partial charge in [0, 0.05) is 30.9 Å². The van der Waals surface area contributed by atoms with Gasteiger partial charge in [-0.05, 0) is 31.5 Å². The van der Waals surface area contributed by atoms with Crippen molar-refractivity contribution in [2.24, 2.45) is 0 Å². The summed E-state index contributed by atoms with van der Waals surface area (Å²) in [5.41, 5.74) is 2.99. The number of anilines is 1. The second-order valence-corrected chi connectivity index (χ2v) is 6.83. The van der Waals surface area contributed by atoms with Gasteiger partial charge in [-0.3, -0.25) is 4.79 Å². The molecule has 0 bridgehead atoms. The van der Waals surface area contributed by atoms with Crippen LogP contribution in [0.5, 0.6) is 5.75 Å². The molecule has 2 aromatic carbocycles. The summed E-state index contributed by atoms with van der Waals surface area (Å²) in [7, 11) is 1.60. The molecular weight excluding hydrogens is 342 g/mol. The number of benzene rings is 2. The van der Waals surface area contributed by atoms with Crippen LogP contribution >= 0.6 is 0 Å². The van der Waals surface area contributed by atoms with Gasteiger partial charge >= 0.3 is 6.03 Å². The molecule has 0 unspecified atom stereocenters. The van der Waals surface area contributed by atoms with Crippen molar-refractivity contribution >= 4 is 17.6 Å². The van der Waals surface area contributed by atoms with E-state index in [0.29, 0.717) is 18.8 Å². The second kappa shape index (κ2) is 8.12. The highest BCUT2D eigenvalue weighted by Gasteiger charge is 2.33. The fourth-order valence-corrected chi connectivity index (χ4v) is 3.14. The molecule has 1 aliphatic heterocycles. The number of carbonyl (C=O) groups excluding carboxylic acids is 2. The predicted octanol–water partition coefficient (Wildman–Crippen LogP) is 2.95. The summed E-state index contributed by atoms with van der Waals surface area (Å²) in [6.07, 6.45) is 0. The van der Waals surface area contributed by atoms with Crippen LogP contribution in [0.25, 0.3) is 0 Å². The zero-order valence-corrected chi connectivity index (χ0v) is 15.9.